The smallest absolute Gasteiger partial charge is 0.246 e. The van der Waals surface area contributed by atoms with Crippen molar-refractivity contribution in [1.29, 1.82) is 0 Å². The van der Waals surface area contributed by atoms with Crippen LogP contribution in [0.25, 0.3) is 6.08 Å². The molecule has 0 aliphatic carbocycles. The van der Waals surface area contributed by atoms with Gasteiger partial charge >= 0.3 is 0 Å². The summed E-state index contributed by atoms with van der Waals surface area (Å²) in [5.74, 6) is 0.0531. The first-order valence-corrected chi connectivity index (χ1v) is 9.06. The van der Waals surface area contributed by atoms with E-state index in [0.717, 1.165) is 23.5 Å². The van der Waals surface area contributed by atoms with E-state index in [1.165, 1.54) is 0 Å². The van der Waals surface area contributed by atoms with Crippen molar-refractivity contribution >= 4 is 23.3 Å². The Bertz CT molecular complexity index is 662. The van der Waals surface area contributed by atoms with Gasteiger partial charge in [-0.15, -0.1) is 11.3 Å². The number of rotatable bonds is 5. The molecule has 1 aromatic heterocycles. The third-order valence-corrected chi connectivity index (χ3v) is 5.18. The molecule has 4 nitrogen and oxygen atoms in total. The monoisotopic (exact) mass is 342 g/mol. The number of carbonyl (C=O) groups excluding carboxylic acids is 1. The lowest BCUT2D eigenvalue weighted by Crippen LogP contribution is -2.49. The van der Waals surface area contributed by atoms with Gasteiger partial charge in [0.2, 0.25) is 5.91 Å². The minimum absolute atomic E-state index is 0.0531. The molecule has 1 aliphatic heterocycles. The summed E-state index contributed by atoms with van der Waals surface area (Å²) in [7, 11) is 0. The van der Waals surface area contributed by atoms with Gasteiger partial charge in [-0.1, -0.05) is 36.4 Å². The normalized spacial score (nSPS) is 17.3. The van der Waals surface area contributed by atoms with E-state index < -0.39 is 6.10 Å². The second-order valence-electron chi connectivity index (χ2n) is 5.90. The largest absolute Gasteiger partial charge is 0.386 e. The van der Waals surface area contributed by atoms with Crippen LogP contribution in [-0.2, 0) is 4.79 Å². The summed E-state index contributed by atoms with van der Waals surface area (Å²) in [5, 5.41) is 12.2. The van der Waals surface area contributed by atoms with E-state index in [0.29, 0.717) is 19.6 Å². The lowest BCUT2D eigenvalue weighted by Gasteiger charge is -2.35. The van der Waals surface area contributed by atoms with Crippen LogP contribution in [0.4, 0.5) is 0 Å². The fraction of sp³-hybridized carbons (Fsp3) is 0.316. The molecule has 24 heavy (non-hydrogen) atoms. The number of β-amino-alcohol motifs (C(OH)–C–C–N with tert-alkyl or cyclic N) is 1. The maximum atomic E-state index is 12.3. The Balaban J connectivity index is 1.46. The van der Waals surface area contributed by atoms with Gasteiger partial charge in [0, 0.05) is 43.7 Å². The van der Waals surface area contributed by atoms with Crippen molar-refractivity contribution in [3.63, 3.8) is 0 Å². The maximum absolute atomic E-state index is 12.3. The molecule has 5 heteroatoms. The number of aliphatic hydroxyl groups is 1. The minimum Gasteiger partial charge on any atom is -0.386 e. The Kier molecular flexibility index (Phi) is 5.80. The molecule has 1 aromatic carbocycles. The van der Waals surface area contributed by atoms with Gasteiger partial charge in [0.05, 0.1) is 0 Å². The molecule has 0 unspecified atom stereocenters. The first-order valence-electron chi connectivity index (χ1n) is 8.18. The Morgan fingerprint density at radius 2 is 1.88 bits per heavy atom. The number of thiophene rings is 1. The van der Waals surface area contributed by atoms with Crippen molar-refractivity contribution in [3.05, 3.63) is 64.4 Å². The Hall–Kier alpha value is -1.95. The highest BCUT2D eigenvalue weighted by Gasteiger charge is 2.22. The number of aliphatic hydroxyl groups excluding tert-OH is 1. The average Bonchev–Trinajstić information content (AvgIpc) is 3.16. The van der Waals surface area contributed by atoms with E-state index in [-0.39, 0.29) is 5.91 Å². The highest BCUT2D eigenvalue weighted by molar-refractivity contribution is 7.10. The first kappa shape index (κ1) is 16.9. The number of hydrogen-bond donors (Lipinski definition) is 1. The van der Waals surface area contributed by atoms with E-state index in [1.807, 2.05) is 58.8 Å². The third kappa shape index (κ3) is 4.54. The standard InChI is InChI=1S/C19H22N2O2S/c22-17(18-7-4-14-24-18)15-20-10-12-21(13-11-20)19(23)9-8-16-5-2-1-3-6-16/h1-9,14,17,22H,10-13,15H2/b9-8+/t17-/m0/s1. The van der Waals surface area contributed by atoms with Gasteiger partial charge < -0.3 is 10.0 Å². The summed E-state index contributed by atoms with van der Waals surface area (Å²) in [6, 6.07) is 13.8. The molecule has 0 radical (unpaired) electrons. The van der Waals surface area contributed by atoms with Crippen LogP contribution in [0.1, 0.15) is 16.5 Å². The summed E-state index contributed by atoms with van der Waals surface area (Å²) >= 11 is 1.58. The van der Waals surface area contributed by atoms with Gasteiger partial charge in [-0.2, -0.15) is 0 Å². The molecular weight excluding hydrogens is 320 g/mol. The SMILES string of the molecule is O=C(/C=C/c1ccccc1)N1CCN(C[C@H](O)c2cccs2)CC1. The molecule has 0 bridgehead atoms. The summed E-state index contributed by atoms with van der Waals surface area (Å²) in [5.41, 5.74) is 1.03. The molecule has 2 heterocycles. The van der Waals surface area contributed by atoms with Crippen LogP contribution in [0.5, 0.6) is 0 Å². The number of amides is 1. The molecule has 1 amide bonds. The van der Waals surface area contributed by atoms with Gasteiger partial charge in [0.25, 0.3) is 0 Å². The van der Waals surface area contributed by atoms with Crippen LogP contribution in [0, 0.1) is 0 Å². The van der Waals surface area contributed by atoms with Crippen LogP contribution in [0.15, 0.2) is 53.9 Å². The van der Waals surface area contributed by atoms with Crippen molar-refractivity contribution in [2.75, 3.05) is 32.7 Å². The zero-order chi connectivity index (χ0) is 16.8. The summed E-state index contributed by atoms with van der Waals surface area (Å²) in [6.07, 6.45) is 3.06. The van der Waals surface area contributed by atoms with Gasteiger partial charge in [-0.05, 0) is 23.1 Å². The highest BCUT2D eigenvalue weighted by atomic mass is 32.1. The van der Waals surface area contributed by atoms with Gasteiger partial charge in [-0.3, -0.25) is 9.69 Å². The maximum Gasteiger partial charge on any atom is 0.246 e. The zero-order valence-corrected chi connectivity index (χ0v) is 14.4. The van der Waals surface area contributed by atoms with Crippen LogP contribution in [-0.4, -0.2) is 53.5 Å². The van der Waals surface area contributed by atoms with Crippen LogP contribution in [0.3, 0.4) is 0 Å². The molecule has 1 fully saturated rings. The van der Waals surface area contributed by atoms with Crippen molar-refractivity contribution in [2.45, 2.75) is 6.10 Å². The van der Waals surface area contributed by atoms with Gasteiger partial charge in [0.15, 0.2) is 0 Å². The molecule has 1 N–H and O–H groups in total. The summed E-state index contributed by atoms with van der Waals surface area (Å²) in [6.45, 7) is 3.63. The lowest BCUT2D eigenvalue weighted by molar-refractivity contribution is -0.127. The Labute approximate surface area is 146 Å². The molecule has 2 aromatic rings. The van der Waals surface area contributed by atoms with Crippen LogP contribution >= 0.6 is 11.3 Å². The number of nitrogens with zero attached hydrogens (tertiary/aromatic N) is 2. The topological polar surface area (TPSA) is 43.8 Å². The fourth-order valence-corrected chi connectivity index (χ4v) is 3.51. The van der Waals surface area contributed by atoms with Crippen molar-refractivity contribution < 1.29 is 9.90 Å². The van der Waals surface area contributed by atoms with Crippen molar-refractivity contribution in [2.24, 2.45) is 0 Å². The van der Waals surface area contributed by atoms with E-state index >= 15 is 0 Å². The molecule has 0 saturated carbocycles. The summed E-state index contributed by atoms with van der Waals surface area (Å²) in [4.78, 5) is 17.3. The average molecular weight is 342 g/mol. The predicted octanol–water partition coefficient (Wildman–Crippen LogP) is 2.64. The lowest BCUT2D eigenvalue weighted by atomic mass is 10.2. The van der Waals surface area contributed by atoms with E-state index in [1.54, 1.807) is 17.4 Å². The Morgan fingerprint density at radius 1 is 1.12 bits per heavy atom. The zero-order valence-electron chi connectivity index (χ0n) is 13.5. The molecule has 126 valence electrons. The number of piperazine rings is 1. The minimum atomic E-state index is -0.440. The van der Waals surface area contributed by atoms with E-state index in [2.05, 4.69) is 4.90 Å². The van der Waals surface area contributed by atoms with Crippen molar-refractivity contribution in [3.8, 4) is 0 Å². The summed E-state index contributed by atoms with van der Waals surface area (Å²) < 4.78 is 0. The predicted molar refractivity (Wildman–Crippen MR) is 97.8 cm³/mol. The third-order valence-electron chi connectivity index (χ3n) is 4.20. The van der Waals surface area contributed by atoms with Crippen molar-refractivity contribution in [1.82, 2.24) is 9.80 Å². The number of carbonyl (C=O) groups is 1. The molecule has 3 rings (SSSR count). The van der Waals surface area contributed by atoms with Gasteiger partial charge in [0.1, 0.15) is 6.10 Å². The molecular formula is C19H22N2O2S. The molecule has 1 saturated heterocycles. The molecule has 1 atom stereocenters. The van der Waals surface area contributed by atoms with Crippen LogP contribution < -0.4 is 0 Å². The quantitative estimate of drug-likeness (QED) is 0.850. The van der Waals surface area contributed by atoms with E-state index in [4.69, 9.17) is 0 Å². The second kappa shape index (κ2) is 8.24. The van der Waals surface area contributed by atoms with E-state index in [9.17, 15) is 9.90 Å². The molecule has 1 aliphatic rings. The highest BCUT2D eigenvalue weighted by Crippen LogP contribution is 2.20. The Morgan fingerprint density at radius 3 is 2.54 bits per heavy atom. The second-order valence-corrected chi connectivity index (χ2v) is 6.88. The first-order chi connectivity index (χ1) is 11.7. The number of benzene rings is 1. The van der Waals surface area contributed by atoms with Crippen LogP contribution in [0.2, 0.25) is 0 Å². The number of hydrogen-bond acceptors (Lipinski definition) is 4. The fourth-order valence-electron chi connectivity index (χ4n) is 2.80. The molecule has 0 spiro atoms. The van der Waals surface area contributed by atoms with Gasteiger partial charge in [-0.25, -0.2) is 0 Å².